The van der Waals surface area contributed by atoms with Gasteiger partial charge in [0.25, 0.3) is 0 Å². The van der Waals surface area contributed by atoms with Crippen LogP contribution in [0.25, 0.3) is 0 Å². The average Bonchev–Trinajstić information content (AvgIpc) is 3.25. The maximum atomic E-state index is 14.4. The van der Waals surface area contributed by atoms with Gasteiger partial charge in [-0.05, 0) is 32.6 Å². The summed E-state index contributed by atoms with van der Waals surface area (Å²) < 4.78 is 9.58. The Morgan fingerprint density at radius 2 is 1.84 bits per heavy atom. The van der Waals surface area contributed by atoms with Gasteiger partial charge in [-0.3, -0.25) is 19.3 Å². The van der Waals surface area contributed by atoms with Gasteiger partial charge < -0.3 is 24.4 Å². The minimum atomic E-state index is -0.915. The number of morpholine rings is 1. The second kappa shape index (κ2) is 11.3. The van der Waals surface area contributed by atoms with Crippen molar-refractivity contribution in [1.29, 1.82) is 0 Å². The number of allylic oxidation sites excluding steroid dienone is 1. The molecule has 0 aromatic heterocycles. The van der Waals surface area contributed by atoms with E-state index in [1.54, 1.807) is 16.7 Å². The highest BCUT2D eigenvalue weighted by atomic mass is 32.2. The molecular formula is C28H41N3O6S. The molecule has 2 amide bonds. The van der Waals surface area contributed by atoms with Gasteiger partial charge in [-0.2, -0.15) is 0 Å². The second-order valence-corrected chi connectivity index (χ2v) is 13.0. The van der Waals surface area contributed by atoms with Gasteiger partial charge in [0.2, 0.25) is 11.8 Å². The normalized spacial score (nSPS) is 37.8. The summed E-state index contributed by atoms with van der Waals surface area (Å²) in [6.45, 7) is 8.82. The number of esters is 1. The van der Waals surface area contributed by atoms with Crippen LogP contribution in [-0.2, 0) is 23.9 Å². The number of nitrogens with zero attached hydrogens (tertiary/aromatic N) is 3. The zero-order valence-electron chi connectivity index (χ0n) is 22.5. The van der Waals surface area contributed by atoms with E-state index in [-0.39, 0.29) is 24.4 Å². The van der Waals surface area contributed by atoms with Crippen LogP contribution in [0.5, 0.6) is 0 Å². The maximum Gasteiger partial charge on any atom is 0.311 e. The molecule has 0 bridgehead atoms. The van der Waals surface area contributed by atoms with Crippen molar-refractivity contribution < 1.29 is 29.0 Å². The lowest BCUT2D eigenvalue weighted by atomic mass is 9.74. The highest BCUT2D eigenvalue weighted by Crippen LogP contribution is 2.65. The van der Waals surface area contributed by atoms with Crippen LogP contribution in [0, 0.1) is 11.8 Å². The molecular weight excluding hydrogens is 506 g/mol. The molecule has 3 fully saturated rings. The van der Waals surface area contributed by atoms with E-state index in [0.717, 1.165) is 38.9 Å². The number of likely N-dealkylation sites (tertiary alicyclic amines) is 1. The molecule has 5 aliphatic heterocycles. The number of ether oxygens (including phenoxy) is 2. The van der Waals surface area contributed by atoms with Gasteiger partial charge >= 0.3 is 5.97 Å². The number of aliphatic hydroxyl groups excluding tert-OH is 1. The fourth-order valence-corrected chi connectivity index (χ4v) is 9.02. The Bertz CT molecular complexity index is 980. The van der Waals surface area contributed by atoms with Crippen LogP contribution in [0.4, 0.5) is 0 Å². The van der Waals surface area contributed by atoms with Gasteiger partial charge in [0.15, 0.2) is 0 Å². The number of carbonyl (C=O) groups is 3. The minimum Gasteiger partial charge on any atom is -0.465 e. The minimum absolute atomic E-state index is 0.108. The van der Waals surface area contributed by atoms with Crippen molar-refractivity contribution in [2.45, 2.75) is 61.1 Å². The van der Waals surface area contributed by atoms with Crippen molar-refractivity contribution in [2.24, 2.45) is 11.8 Å². The third-order valence-electron chi connectivity index (χ3n) is 8.89. The van der Waals surface area contributed by atoms with Crippen molar-refractivity contribution in [3.05, 3.63) is 24.3 Å². The first kappa shape index (κ1) is 27.7. The van der Waals surface area contributed by atoms with Crippen molar-refractivity contribution in [3.63, 3.8) is 0 Å². The van der Waals surface area contributed by atoms with Gasteiger partial charge in [0, 0.05) is 37.5 Å². The zero-order chi connectivity index (χ0) is 26.9. The van der Waals surface area contributed by atoms with E-state index in [0.29, 0.717) is 39.3 Å². The standard InChI is InChI=1S/C28H41N3O6S/c1-3-20(19-32)31-23-25(34)30(13-12-29-14-17-36-18-15-29)11-8-10-28(23)21(24(31)33)22-26(35)37-16-7-5-4-6-9-27(22,2)38-28/h6,8-10,20-23,32H,3-5,7,11-19H2,1-2H3/b9-6-/t20-,21-,22-,23?,27+,28-/m0/s1. The number of rotatable bonds is 6. The fraction of sp³-hybridized carbons (Fsp3) is 0.750. The van der Waals surface area contributed by atoms with Gasteiger partial charge in [-0.1, -0.05) is 31.2 Å². The van der Waals surface area contributed by atoms with Crippen LogP contribution >= 0.6 is 11.8 Å². The number of amides is 2. The lowest BCUT2D eigenvalue weighted by Crippen LogP contribution is -2.57. The molecule has 3 saturated heterocycles. The molecule has 0 aliphatic carbocycles. The van der Waals surface area contributed by atoms with Gasteiger partial charge in [0.05, 0.1) is 49.1 Å². The summed E-state index contributed by atoms with van der Waals surface area (Å²) in [4.78, 5) is 48.0. The lowest BCUT2D eigenvalue weighted by molar-refractivity contribution is -0.154. The van der Waals surface area contributed by atoms with E-state index >= 15 is 0 Å². The first-order chi connectivity index (χ1) is 18.4. The van der Waals surface area contributed by atoms with E-state index in [4.69, 9.17) is 9.47 Å². The van der Waals surface area contributed by atoms with Crippen LogP contribution in [0.15, 0.2) is 24.3 Å². The lowest BCUT2D eigenvalue weighted by Gasteiger charge is -2.40. The molecule has 5 aliphatic rings. The summed E-state index contributed by atoms with van der Waals surface area (Å²) in [5.74, 6) is -2.15. The molecule has 1 N–H and O–H groups in total. The summed E-state index contributed by atoms with van der Waals surface area (Å²) in [6.07, 6.45) is 11.3. The van der Waals surface area contributed by atoms with Gasteiger partial charge in [0.1, 0.15) is 6.04 Å². The topological polar surface area (TPSA) is 99.6 Å². The molecule has 0 saturated carbocycles. The van der Waals surface area contributed by atoms with Crippen molar-refractivity contribution >= 4 is 29.5 Å². The number of fused-ring (bicyclic) bond motifs is 2. The molecule has 1 unspecified atom stereocenters. The largest absolute Gasteiger partial charge is 0.465 e. The SMILES string of the molecule is CC[C@@H](CO)N1C(=O)[C@@H]2[C@H]3C(=O)OCCCC/C=C\[C@@]3(C)S[C@@]23C=CCN(CCN2CCOCC2)C(=O)C13. The number of hydrogen-bond donors (Lipinski definition) is 1. The summed E-state index contributed by atoms with van der Waals surface area (Å²) in [6, 6.07) is -1.29. The second-order valence-electron chi connectivity index (χ2n) is 11.2. The molecule has 9 nitrogen and oxygen atoms in total. The van der Waals surface area contributed by atoms with Crippen molar-refractivity contribution in [2.75, 3.05) is 59.2 Å². The van der Waals surface area contributed by atoms with Crippen LogP contribution < -0.4 is 0 Å². The molecule has 0 aromatic rings. The van der Waals surface area contributed by atoms with E-state index in [9.17, 15) is 19.5 Å². The third kappa shape index (κ3) is 4.71. The number of carbonyl (C=O) groups excluding carboxylic acids is 3. The number of hydrogen-bond acceptors (Lipinski definition) is 8. The molecule has 38 heavy (non-hydrogen) atoms. The van der Waals surface area contributed by atoms with Gasteiger partial charge in [-0.25, -0.2) is 0 Å². The van der Waals surface area contributed by atoms with Crippen LogP contribution in [0.2, 0.25) is 0 Å². The fourth-order valence-electron chi connectivity index (χ4n) is 6.88. The Labute approximate surface area is 229 Å². The highest BCUT2D eigenvalue weighted by Gasteiger charge is 2.74. The number of cyclic esters (lactones) is 1. The monoisotopic (exact) mass is 547 g/mol. The molecule has 210 valence electrons. The van der Waals surface area contributed by atoms with E-state index < -0.39 is 33.4 Å². The van der Waals surface area contributed by atoms with Crippen LogP contribution in [0.1, 0.15) is 39.5 Å². The predicted molar refractivity (Wildman–Crippen MR) is 144 cm³/mol. The summed E-state index contributed by atoms with van der Waals surface area (Å²) in [7, 11) is 0. The number of aliphatic hydroxyl groups is 1. The quantitative estimate of drug-likeness (QED) is 0.394. The van der Waals surface area contributed by atoms with Crippen molar-refractivity contribution in [3.8, 4) is 0 Å². The molecule has 0 radical (unpaired) electrons. The van der Waals surface area contributed by atoms with Crippen LogP contribution in [0.3, 0.4) is 0 Å². The Morgan fingerprint density at radius 1 is 1.05 bits per heavy atom. The smallest absolute Gasteiger partial charge is 0.311 e. The summed E-state index contributed by atoms with van der Waals surface area (Å²) in [5, 5.41) is 10.3. The van der Waals surface area contributed by atoms with Crippen LogP contribution in [-0.4, -0.2) is 118 Å². The third-order valence-corrected chi connectivity index (χ3v) is 10.7. The van der Waals surface area contributed by atoms with E-state index in [1.807, 2.05) is 30.9 Å². The van der Waals surface area contributed by atoms with Gasteiger partial charge in [-0.15, -0.1) is 11.8 Å². The Balaban J connectivity index is 1.54. The molecule has 6 atom stereocenters. The molecule has 10 heteroatoms. The summed E-state index contributed by atoms with van der Waals surface area (Å²) >= 11 is 1.56. The zero-order valence-corrected chi connectivity index (χ0v) is 23.4. The Hall–Kier alpha value is -1.88. The van der Waals surface area contributed by atoms with E-state index in [1.165, 1.54) is 0 Å². The molecule has 0 aromatic carbocycles. The predicted octanol–water partition coefficient (Wildman–Crippen LogP) is 1.46. The van der Waals surface area contributed by atoms with Crippen molar-refractivity contribution in [1.82, 2.24) is 14.7 Å². The Morgan fingerprint density at radius 3 is 2.58 bits per heavy atom. The first-order valence-corrected chi connectivity index (χ1v) is 14.9. The van der Waals surface area contributed by atoms with E-state index in [2.05, 4.69) is 17.1 Å². The summed E-state index contributed by atoms with van der Waals surface area (Å²) in [5.41, 5.74) is 0. The first-order valence-electron chi connectivity index (χ1n) is 14.1. The maximum absolute atomic E-state index is 14.4. The molecule has 5 rings (SSSR count). The highest BCUT2D eigenvalue weighted by molar-refractivity contribution is 8.02. The molecule has 5 heterocycles. The Kier molecular flexibility index (Phi) is 8.24. The number of thioether (sulfide) groups is 1. The molecule has 1 spiro atoms. The average molecular weight is 548 g/mol.